The molecule has 0 bridgehead atoms. The molecule has 2 rings (SSSR count). The Labute approximate surface area is 75.2 Å². The third-order valence-electron chi connectivity index (χ3n) is 1.84. The quantitative estimate of drug-likeness (QED) is 0.728. The number of aromatic nitrogens is 3. The molecule has 0 aromatic carbocycles. The zero-order chi connectivity index (χ0) is 9.26. The van der Waals surface area contributed by atoms with Gasteiger partial charge in [0.05, 0.1) is 24.8 Å². The van der Waals surface area contributed by atoms with Crippen molar-refractivity contribution < 1.29 is 4.52 Å². The molecule has 0 saturated carbocycles. The minimum Gasteiger partial charge on any atom is -0.359 e. The summed E-state index contributed by atoms with van der Waals surface area (Å²) in [5.41, 5.74) is 7.08. The van der Waals surface area contributed by atoms with Gasteiger partial charge in [-0.05, 0) is 0 Å². The van der Waals surface area contributed by atoms with Crippen molar-refractivity contribution in [1.82, 2.24) is 14.7 Å². The molecule has 5 nitrogen and oxygen atoms in total. The van der Waals surface area contributed by atoms with Crippen molar-refractivity contribution in [3.8, 4) is 11.4 Å². The molecule has 0 spiro atoms. The van der Waals surface area contributed by atoms with Crippen LogP contribution in [0.2, 0.25) is 0 Å². The Balaban J connectivity index is 2.41. The Bertz CT molecular complexity index is 404. The SMILES string of the molecule is Cn1cncc1-c1cc(CN)on1. The molecule has 0 fully saturated rings. The van der Waals surface area contributed by atoms with Crippen molar-refractivity contribution >= 4 is 0 Å². The highest BCUT2D eigenvalue weighted by atomic mass is 16.5. The van der Waals surface area contributed by atoms with E-state index in [-0.39, 0.29) is 0 Å². The highest BCUT2D eigenvalue weighted by Crippen LogP contribution is 2.17. The van der Waals surface area contributed by atoms with Crippen LogP contribution in [0.25, 0.3) is 11.4 Å². The van der Waals surface area contributed by atoms with E-state index in [0.29, 0.717) is 12.3 Å². The van der Waals surface area contributed by atoms with E-state index in [4.69, 9.17) is 10.3 Å². The van der Waals surface area contributed by atoms with Crippen LogP contribution in [-0.4, -0.2) is 14.7 Å². The molecule has 0 atom stereocenters. The van der Waals surface area contributed by atoms with E-state index in [2.05, 4.69) is 10.1 Å². The van der Waals surface area contributed by atoms with Gasteiger partial charge in [-0.3, -0.25) is 0 Å². The Morgan fingerprint density at radius 1 is 1.62 bits per heavy atom. The fourth-order valence-electron chi connectivity index (χ4n) is 1.13. The zero-order valence-electron chi connectivity index (χ0n) is 7.27. The van der Waals surface area contributed by atoms with E-state index in [1.807, 2.05) is 17.7 Å². The molecule has 0 aliphatic rings. The fourth-order valence-corrected chi connectivity index (χ4v) is 1.13. The number of nitrogens with two attached hydrogens (primary N) is 1. The van der Waals surface area contributed by atoms with Crippen LogP contribution in [0.5, 0.6) is 0 Å². The molecule has 2 heterocycles. The summed E-state index contributed by atoms with van der Waals surface area (Å²) >= 11 is 0. The van der Waals surface area contributed by atoms with Gasteiger partial charge in [-0.25, -0.2) is 4.98 Å². The van der Waals surface area contributed by atoms with Crippen LogP contribution < -0.4 is 5.73 Å². The van der Waals surface area contributed by atoms with Gasteiger partial charge in [-0.1, -0.05) is 5.16 Å². The smallest absolute Gasteiger partial charge is 0.150 e. The van der Waals surface area contributed by atoms with E-state index in [9.17, 15) is 0 Å². The molecule has 0 saturated heterocycles. The highest BCUT2D eigenvalue weighted by Gasteiger charge is 2.07. The summed E-state index contributed by atoms with van der Waals surface area (Å²) in [6.45, 7) is 0.366. The fraction of sp³-hybridized carbons (Fsp3) is 0.250. The van der Waals surface area contributed by atoms with Crippen LogP contribution >= 0.6 is 0 Å². The van der Waals surface area contributed by atoms with Gasteiger partial charge in [0.25, 0.3) is 0 Å². The van der Waals surface area contributed by atoms with Gasteiger partial charge in [0.2, 0.25) is 0 Å². The average Bonchev–Trinajstić information content (AvgIpc) is 2.71. The largest absolute Gasteiger partial charge is 0.359 e. The Hall–Kier alpha value is -1.62. The Kier molecular flexibility index (Phi) is 1.86. The van der Waals surface area contributed by atoms with Gasteiger partial charge in [0, 0.05) is 13.1 Å². The topological polar surface area (TPSA) is 69.9 Å². The molecule has 0 radical (unpaired) electrons. The summed E-state index contributed by atoms with van der Waals surface area (Å²) in [5, 5.41) is 3.87. The van der Waals surface area contributed by atoms with E-state index >= 15 is 0 Å². The second kappa shape index (κ2) is 3.02. The molecule has 5 heteroatoms. The van der Waals surface area contributed by atoms with Gasteiger partial charge in [-0.2, -0.15) is 0 Å². The third-order valence-corrected chi connectivity index (χ3v) is 1.84. The molecule has 2 aromatic heterocycles. The van der Waals surface area contributed by atoms with Crippen LogP contribution in [0.1, 0.15) is 5.76 Å². The maximum absolute atomic E-state index is 5.40. The summed E-state index contributed by atoms with van der Waals surface area (Å²) < 4.78 is 6.85. The van der Waals surface area contributed by atoms with Gasteiger partial charge in [0.1, 0.15) is 5.69 Å². The third kappa shape index (κ3) is 1.33. The van der Waals surface area contributed by atoms with Gasteiger partial charge >= 0.3 is 0 Å². The number of aryl methyl sites for hydroxylation is 1. The molecular formula is C8H10N4O. The lowest BCUT2D eigenvalue weighted by atomic mass is 10.3. The first-order chi connectivity index (χ1) is 6.31. The molecule has 0 aliphatic heterocycles. The van der Waals surface area contributed by atoms with Gasteiger partial charge < -0.3 is 14.8 Å². The van der Waals surface area contributed by atoms with Crippen LogP contribution in [-0.2, 0) is 13.6 Å². The molecule has 13 heavy (non-hydrogen) atoms. The lowest BCUT2D eigenvalue weighted by molar-refractivity contribution is 0.386. The summed E-state index contributed by atoms with van der Waals surface area (Å²) in [5.74, 6) is 0.677. The van der Waals surface area contributed by atoms with Gasteiger partial charge in [0.15, 0.2) is 5.76 Å². The van der Waals surface area contributed by atoms with Crippen LogP contribution in [0.3, 0.4) is 0 Å². The van der Waals surface area contributed by atoms with Crippen molar-refractivity contribution in [2.45, 2.75) is 6.54 Å². The van der Waals surface area contributed by atoms with Gasteiger partial charge in [-0.15, -0.1) is 0 Å². The number of rotatable bonds is 2. The lowest BCUT2D eigenvalue weighted by Gasteiger charge is -1.93. The van der Waals surface area contributed by atoms with Crippen molar-refractivity contribution in [3.63, 3.8) is 0 Å². The predicted molar refractivity (Wildman–Crippen MR) is 46.6 cm³/mol. The number of imidazole rings is 1. The highest BCUT2D eigenvalue weighted by molar-refractivity contribution is 5.52. The lowest BCUT2D eigenvalue weighted by Crippen LogP contribution is -1.92. The summed E-state index contributed by atoms with van der Waals surface area (Å²) in [4.78, 5) is 3.98. The van der Waals surface area contributed by atoms with E-state index in [1.165, 1.54) is 0 Å². The average molecular weight is 178 g/mol. The second-order valence-corrected chi connectivity index (χ2v) is 2.77. The first kappa shape index (κ1) is 8.00. The minimum atomic E-state index is 0.366. The first-order valence-electron chi connectivity index (χ1n) is 3.93. The molecule has 0 amide bonds. The summed E-state index contributed by atoms with van der Waals surface area (Å²) in [6.07, 6.45) is 3.45. The van der Waals surface area contributed by atoms with E-state index in [0.717, 1.165) is 11.4 Å². The van der Waals surface area contributed by atoms with Crippen LogP contribution in [0.4, 0.5) is 0 Å². The molecule has 0 unspecified atom stereocenters. The Morgan fingerprint density at radius 3 is 3.00 bits per heavy atom. The molecular weight excluding hydrogens is 168 g/mol. The maximum atomic E-state index is 5.40. The maximum Gasteiger partial charge on any atom is 0.150 e. The number of hydrogen-bond acceptors (Lipinski definition) is 4. The van der Waals surface area contributed by atoms with Crippen LogP contribution in [0, 0.1) is 0 Å². The standard InChI is InChI=1S/C8H10N4O/c1-12-5-10-4-8(12)7-2-6(3-9)13-11-7/h2,4-5H,3,9H2,1H3. The summed E-state index contributed by atoms with van der Waals surface area (Å²) in [6, 6.07) is 1.82. The molecule has 2 N–H and O–H groups in total. The van der Waals surface area contributed by atoms with Crippen molar-refractivity contribution in [2.24, 2.45) is 12.8 Å². The zero-order valence-corrected chi connectivity index (χ0v) is 7.27. The normalized spacial score (nSPS) is 10.6. The minimum absolute atomic E-state index is 0.366. The molecule has 2 aromatic rings. The van der Waals surface area contributed by atoms with E-state index in [1.54, 1.807) is 12.5 Å². The molecule has 68 valence electrons. The monoisotopic (exact) mass is 178 g/mol. The van der Waals surface area contributed by atoms with Crippen molar-refractivity contribution in [3.05, 3.63) is 24.4 Å². The first-order valence-corrected chi connectivity index (χ1v) is 3.93. The van der Waals surface area contributed by atoms with Crippen molar-refractivity contribution in [1.29, 1.82) is 0 Å². The van der Waals surface area contributed by atoms with Crippen molar-refractivity contribution in [2.75, 3.05) is 0 Å². The Morgan fingerprint density at radius 2 is 2.46 bits per heavy atom. The number of hydrogen-bond donors (Lipinski definition) is 1. The molecule has 0 aliphatic carbocycles. The van der Waals surface area contributed by atoms with Crippen LogP contribution in [0.15, 0.2) is 23.1 Å². The summed E-state index contributed by atoms with van der Waals surface area (Å²) in [7, 11) is 1.90. The predicted octanol–water partition coefficient (Wildman–Crippen LogP) is 0.534. The number of nitrogens with zero attached hydrogens (tertiary/aromatic N) is 3. The second-order valence-electron chi connectivity index (χ2n) is 2.77. The van der Waals surface area contributed by atoms with E-state index < -0.39 is 0 Å².